The number of hydrogen-bond donors (Lipinski definition) is 1. The minimum absolute atomic E-state index is 0.283. The molecule has 4 aromatic heterocycles. The molecule has 4 heterocycles. The van der Waals surface area contributed by atoms with Gasteiger partial charge in [0, 0.05) is 31.2 Å². The van der Waals surface area contributed by atoms with Crippen molar-refractivity contribution in [3.05, 3.63) is 118 Å². The average molecular weight is 529 g/mol. The number of hydrogen-bond acceptors (Lipinski definition) is 6. The molecule has 1 N–H and O–H groups in total. The van der Waals surface area contributed by atoms with Crippen molar-refractivity contribution < 1.29 is 4.79 Å². The summed E-state index contributed by atoms with van der Waals surface area (Å²) in [5, 5.41) is 12.1. The van der Waals surface area contributed by atoms with Crippen molar-refractivity contribution in [3.8, 4) is 17.5 Å². The first-order chi connectivity index (χ1) is 19.4. The van der Waals surface area contributed by atoms with Crippen LogP contribution >= 0.6 is 0 Å². The van der Waals surface area contributed by atoms with Crippen LogP contribution in [0.3, 0.4) is 0 Å². The highest BCUT2D eigenvalue weighted by atomic mass is 16.2. The van der Waals surface area contributed by atoms with Crippen molar-refractivity contribution in [2.45, 2.75) is 19.9 Å². The Bertz CT molecular complexity index is 2030. The maximum atomic E-state index is 14.1. The van der Waals surface area contributed by atoms with Gasteiger partial charge >= 0.3 is 0 Å². The van der Waals surface area contributed by atoms with Gasteiger partial charge in [-0.15, -0.1) is 0 Å². The van der Waals surface area contributed by atoms with Crippen LogP contribution in [0.25, 0.3) is 22.1 Å². The predicted octanol–water partition coefficient (Wildman–Crippen LogP) is 3.36. The first-order valence-electron chi connectivity index (χ1n) is 12.6. The van der Waals surface area contributed by atoms with E-state index in [0.717, 1.165) is 0 Å². The Kier molecular flexibility index (Phi) is 6.16. The third-order valence-electron chi connectivity index (χ3n) is 6.55. The number of para-hydroxylation sites is 1. The zero-order chi connectivity index (χ0) is 27.8. The molecule has 2 aromatic carbocycles. The lowest BCUT2D eigenvalue weighted by Crippen LogP contribution is -2.33. The number of carbonyl (C=O) groups excluding carboxylic acids is 1. The maximum Gasteiger partial charge on any atom is 0.267 e. The standard InChI is InChI=1S/C30H24N8O2/c1-19-26(25-18-31-15-17-37(25)34-19)29(39)32-20(2)28-33-24-11-7-8-21(12-13-22-14-16-36(3)35-22)27(24)30(40)38(28)23-9-5-4-6-10-23/h4-11,14-18,20H,1-3H3,(H,32,39)/t20-/m0/s1. The SMILES string of the molecule is Cc1nn2ccncc2c1C(=O)N[C@@H](C)c1nc2cccc(C#Cc3ccn(C)n3)c2c(=O)n1-c1ccccc1. The van der Waals surface area contributed by atoms with E-state index in [-0.39, 0.29) is 11.5 Å². The van der Waals surface area contributed by atoms with Crippen molar-refractivity contribution in [1.82, 2.24) is 39.2 Å². The summed E-state index contributed by atoms with van der Waals surface area (Å²) >= 11 is 0. The van der Waals surface area contributed by atoms with Gasteiger partial charge < -0.3 is 5.32 Å². The van der Waals surface area contributed by atoms with Gasteiger partial charge in [-0.25, -0.2) is 9.50 Å². The third-order valence-corrected chi connectivity index (χ3v) is 6.55. The fourth-order valence-corrected chi connectivity index (χ4v) is 4.71. The van der Waals surface area contributed by atoms with Crippen molar-refractivity contribution >= 4 is 22.3 Å². The lowest BCUT2D eigenvalue weighted by molar-refractivity contribution is 0.0939. The lowest BCUT2D eigenvalue weighted by atomic mass is 10.1. The highest BCUT2D eigenvalue weighted by Gasteiger charge is 2.24. The fraction of sp³-hybridized carbons (Fsp3) is 0.133. The van der Waals surface area contributed by atoms with Crippen LogP contribution in [0.4, 0.5) is 0 Å². The van der Waals surface area contributed by atoms with Gasteiger partial charge in [0.05, 0.1) is 45.6 Å². The Balaban J connectivity index is 1.48. The van der Waals surface area contributed by atoms with E-state index in [1.165, 1.54) is 4.57 Å². The summed E-state index contributed by atoms with van der Waals surface area (Å²) in [4.78, 5) is 36.6. The summed E-state index contributed by atoms with van der Waals surface area (Å²) in [6.45, 7) is 3.57. The highest BCUT2D eigenvalue weighted by molar-refractivity contribution is 6.02. The Hall–Kier alpha value is -5.56. The average Bonchev–Trinajstić information content (AvgIpc) is 3.53. The Morgan fingerprint density at radius 1 is 1.00 bits per heavy atom. The number of nitrogens with zero attached hydrogens (tertiary/aromatic N) is 7. The number of aromatic nitrogens is 7. The van der Waals surface area contributed by atoms with E-state index in [0.29, 0.717) is 50.4 Å². The van der Waals surface area contributed by atoms with E-state index < -0.39 is 6.04 Å². The Morgan fingerprint density at radius 3 is 2.60 bits per heavy atom. The van der Waals surface area contributed by atoms with E-state index in [2.05, 4.69) is 32.3 Å². The molecule has 1 amide bonds. The predicted molar refractivity (Wildman–Crippen MR) is 150 cm³/mol. The van der Waals surface area contributed by atoms with Crippen LogP contribution in [0.15, 0.2) is 84.2 Å². The molecular formula is C30H24N8O2. The normalized spacial score (nSPS) is 11.8. The molecule has 0 saturated heterocycles. The molecule has 0 radical (unpaired) electrons. The molecule has 0 spiro atoms. The Morgan fingerprint density at radius 2 is 1.82 bits per heavy atom. The number of rotatable bonds is 4. The molecule has 196 valence electrons. The largest absolute Gasteiger partial charge is 0.342 e. The molecule has 0 unspecified atom stereocenters. The molecule has 6 rings (SSSR count). The first kappa shape index (κ1) is 24.8. The van der Waals surface area contributed by atoms with Crippen LogP contribution < -0.4 is 10.9 Å². The molecule has 0 aliphatic heterocycles. The summed E-state index contributed by atoms with van der Waals surface area (Å²) < 4.78 is 4.82. The van der Waals surface area contributed by atoms with Crippen LogP contribution in [0, 0.1) is 18.8 Å². The van der Waals surface area contributed by atoms with Gasteiger partial charge in [-0.3, -0.25) is 23.8 Å². The number of amides is 1. The van der Waals surface area contributed by atoms with Crippen LogP contribution in [0.1, 0.15) is 46.1 Å². The summed E-state index contributed by atoms with van der Waals surface area (Å²) in [6.07, 6.45) is 6.70. The van der Waals surface area contributed by atoms with Gasteiger partial charge in [0.25, 0.3) is 11.5 Å². The monoisotopic (exact) mass is 528 g/mol. The zero-order valence-electron chi connectivity index (χ0n) is 22.0. The van der Waals surface area contributed by atoms with E-state index >= 15 is 0 Å². The number of nitrogens with one attached hydrogen (secondary N) is 1. The highest BCUT2D eigenvalue weighted by Crippen LogP contribution is 2.22. The van der Waals surface area contributed by atoms with E-state index in [9.17, 15) is 9.59 Å². The topological polar surface area (TPSA) is 112 Å². The van der Waals surface area contributed by atoms with Gasteiger partial charge in [-0.2, -0.15) is 10.2 Å². The zero-order valence-corrected chi connectivity index (χ0v) is 22.0. The smallest absolute Gasteiger partial charge is 0.267 e. The molecule has 40 heavy (non-hydrogen) atoms. The Labute approximate surface area is 228 Å². The first-order valence-corrected chi connectivity index (χ1v) is 12.6. The number of fused-ring (bicyclic) bond motifs is 2. The minimum Gasteiger partial charge on any atom is -0.342 e. The summed E-state index contributed by atoms with van der Waals surface area (Å²) in [7, 11) is 1.82. The second-order valence-electron chi connectivity index (χ2n) is 9.33. The van der Waals surface area contributed by atoms with Crippen LogP contribution in [0.5, 0.6) is 0 Å². The number of carbonyl (C=O) groups is 1. The van der Waals surface area contributed by atoms with Gasteiger partial charge in [-0.05, 0) is 50.1 Å². The third kappa shape index (κ3) is 4.39. The molecule has 0 bridgehead atoms. The molecular weight excluding hydrogens is 504 g/mol. The number of aryl methyl sites for hydroxylation is 2. The molecule has 10 heteroatoms. The molecule has 1 atom stereocenters. The molecule has 6 aromatic rings. The second-order valence-corrected chi connectivity index (χ2v) is 9.33. The van der Waals surface area contributed by atoms with Crippen molar-refractivity contribution in [3.63, 3.8) is 0 Å². The van der Waals surface area contributed by atoms with Crippen molar-refractivity contribution in [1.29, 1.82) is 0 Å². The maximum absolute atomic E-state index is 14.1. The van der Waals surface area contributed by atoms with E-state index in [1.807, 2.05) is 55.7 Å². The molecule has 10 nitrogen and oxygen atoms in total. The summed E-state index contributed by atoms with van der Waals surface area (Å²) in [5.74, 6) is 6.18. The van der Waals surface area contributed by atoms with Gasteiger partial charge in [0.15, 0.2) is 0 Å². The fourth-order valence-electron chi connectivity index (χ4n) is 4.71. The molecule has 0 fully saturated rings. The van der Waals surface area contributed by atoms with Crippen LogP contribution in [-0.4, -0.2) is 39.8 Å². The van der Waals surface area contributed by atoms with Gasteiger partial charge in [0.2, 0.25) is 0 Å². The van der Waals surface area contributed by atoms with E-state index in [1.54, 1.807) is 53.8 Å². The molecule has 0 saturated carbocycles. The van der Waals surface area contributed by atoms with Crippen molar-refractivity contribution in [2.75, 3.05) is 0 Å². The lowest BCUT2D eigenvalue weighted by Gasteiger charge is -2.20. The van der Waals surface area contributed by atoms with Gasteiger partial charge in [0.1, 0.15) is 11.5 Å². The van der Waals surface area contributed by atoms with E-state index in [4.69, 9.17) is 4.98 Å². The van der Waals surface area contributed by atoms with Gasteiger partial charge in [-0.1, -0.05) is 30.2 Å². The number of benzene rings is 2. The second kappa shape index (κ2) is 9.96. The van der Waals surface area contributed by atoms with Crippen LogP contribution in [-0.2, 0) is 7.05 Å². The van der Waals surface area contributed by atoms with Crippen molar-refractivity contribution in [2.24, 2.45) is 7.05 Å². The summed E-state index contributed by atoms with van der Waals surface area (Å²) in [6, 6.07) is 15.8. The molecule has 0 aliphatic rings. The molecule has 0 aliphatic carbocycles. The summed E-state index contributed by atoms with van der Waals surface area (Å²) in [5.41, 5.74) is 3.55. The minimum atomic E-state index is -0.626. The quantitative estimate of drug-likeness (QED) is 0.351. The van der Waals surface area contributed by atoms with Crippen LogP contribution in [0.2, 0.25) is 0 Å².